The molecule has 2 fully saturated rings. The van der Waals surface area contributed by atoms with E-state index in [1.54, 1.807) is 0 Å². The lowest BCUT2D eigenvalue weighted by molar-refractivity contribution is -0.136. The third kappa shape index (κ3) is 4.31. The molecule has 0 bridgehead atoms. The van der Waals surface area contributed by atoms with Crippen molar-refractivity contribution < 1.29 is 14.3 Å². The second-order valence-corrected chi connectivity index (χ2v) is 6.31. The van der Waals surface area contributed by atoms with E-state index in [1.807, 2.05) is 11.0 Å². The van der Waals surface area contributed by atoms with Gasteiger partial charge in [-0.2, -0.15) is 0 Å². The number of hydrogen-bond acceptors (Lipinski definition) is 4. The number of carbonyl (C=O) groups excluding carboxylic acids is 1. The molecule has 126 valence electrons. The van der Waals surface area contributed by atoms with Gasteiger partial charge in [-0.3, -0.25) is 9.69 Å². The minimum Gasteiger partial charge on any atom is -0.378 e. The van der Waals surface area contributed by atoms with Gasteiger partial charge in [0.25, 0.3) is 0 Å². The zero-order chi connectivity index (χ0) is 16.1. The molecule has 0 unspecified atom stereocenters. The van der Waals surface area contributed by atoms with Crippen LogP contribution in [0.1, 0.15) is 24.9 Å². The van der Waals surface area contributed by atoms with Gasteiger partial charge in [-0.15, -0.1) is 0 Å². The van der Waals surface area contributed by atoms with Crippen LogP contribution in [-0.4, -0.2) is 67.8 Å². The molecule has 1 aromatic carbocycles. The van der Waals surface area contributed by atoms with Gasteiger partial charge in [-0.25, -0.2) is 0 Å². The molecule has 3 rings (SSSR count). The molecule has 0 N–H and O–H groups in total. The number of rotatable bonds is 4. The first kappa shape index (κ1) is 16.4. The van der Waals surface area contributed by atoms with E-state index in [0.717, 1.165) is 26.2 Å². The zero-order valence-corrected chi connectivity index (χ0v) is 13.8. The van der Waals surface area contributed by atoms with Gasteiger partial charge in [-0.1, -0.05) is 30.3 Å². The van der Waals surface area contributed by atoms with Crippen molar-refractivity contribution >= 4 is 5.91 Å². The highest BCUT2D eigenvalue weighted by molar-refractivity contribution is 5.76. The van der Waals surface area contributed by atoms with Crippen LogP contribution in [0, 0.1) is 0 Å². The second kappa shape index (κ2) is 7.90. The van der Waals surface area contributed by atoms with E-state index in [4.69, 9.17) is 9.47 Å². The Kier molecular flexibility index (Phi) is 5.65. The lowest BCUT2D eigenvalue weighted by Crippen LogP contribution is -2.46. The largest absolute Gasteiger partial charge is 0.378 e. The number of hydrogen-bond donors (Lipinski definition) is 0. The summed E-state index contributed by atoms with van der Waals surface area (Å²) < 4.78 is 11.2. The van der Waals surface area contributed by atoms with Gasteiger partial charge in [0.1, 0.15) is 0 Å². The molecule has 1 amide bonds. The van der Waals surface area contributed by atoms with Crippen LogP contribution in [0.2, 0.25) is 0 Å². The van der Waals surface area contributed by atoms with E-state index in [1.165, 1.54) is 5.56 Å². The van der Waals surface area contributed by atoms with Gasteiger partial charge in [-0.05, 0) is 12.5 Å². The normalized spacial score (nSPS) is 26.2. The van der Waals surface area contributed by atoms with E-state index in [-0.39, 0.29) is 18.1 Å². The fourth-order valence-electron chi connectivity index (χ4n) is 3.31. The number of nitrogens with zero attached hydrogens (tertiary/aromatic N) is 2. The second-order valence-electron chi connectivity index (χ2n) is 6.31. The Hall–Kier alpha value is -1.43. The smallest absolute Gasteiger partial charge is 0.224 e. The zero-order valence-electron chi connectivity index (χ0n) is 13.8. The fraction of sp³-hybridized carbons (Fsp3) is 0.611. The molecular weight excluding hydrogens is 292 g/mol. The summed E-state index contributed by atoms with van der Waals surface area (Å²) in [7, 11) is 0. The molecule has 23 heavy (non-hydrogen) atoms. The van der Waals surface area contributed by atoms with Crippen molar-refractivity contribution in [3.05, 3.63) is 35.9 Å². The summed E-state index contributed by atoms with van der Waals surface area (Å²) in [5, 5.41) is 0. The first-order chi connectivity index (χ1) is 11.2. The molecule has 5 nitrogen and oxygen atoms in total. The molecule has 0 spiro atoms. The predicted octanol–water partition coefficient (Wildman–Crippen LogP) is 1.70. The molecule has 0 radical (unpaired) electrons. The molecule has 0 saturated carbocycles. The minimum absolute atomic E-state index is 0.216. The first-order valence-electron chi connectivity index (χ1n) is 8.50. The summed E-state index contributed by atoms with van der Waals surface area (Å²) in [4.78, 5) is 16.7. The maximum atomic E-state index is 12.4. The van der Waals surface area contributed by atoms with Crippen molar-refractivity contribution in [3.8, 4) is 0 Å². The van der Waals surface area contributed by atoms with Crippen LogP contribution in [-0.2, 0) is 14.3 Å². The third-order valence-corrected chi connectivity index (χ3v) is 4.63. The summed E-state index contributed by atoms with van der Waals surface area (Å²) in [6.07, 6.45) is 0.782. The van der Waals surface area contributed by atoms with E-state index < -0.39 is 0 Å². The predicted molar refractivity (Wildman–Crippen MR) is 88.2 cm³/mol. The standard InChI is InChI=1S/C18H26N2O3/c1-15-13-20(8-7-18(21)19-9-11-22-12-10-19)17(14-23-15)16-5-3-2-4-6-16/h2-6,15,17H,7-14H2,1H3/t15-,17+/m0/s1. The number of carbonyl (C=O) groups is 1. The monoisotopic (exact) mass is 318 g/mol. The van der Waals surface area contributed by atoms with Crippen LogP contribution in [0.5, 0.6) is 0 Å². The lowest BCUT2D eigenvalue weighted by atomic mass is 10.0. The Labute approximate surface area is 138 Å². The molecule has 0 aromatic heterocycles. The Morgan fingerprint density at radius 1 is 1.22 bits per heavy atom. The summed E-state index contributed by atoms with van der Waals surface area (Å²) >= 11 is 0. The maximum absolute atomic E-state index is 12.4. The molecular formula is C18H26N2O3. The number of morpholine rings is 2. The molecule has 2 atom stereocenters. The lowest BCUT2D eigenvalue weighted by Gasteiger charge is -2.39. The van der Waals surface area contributed by atoms with Gasteiger partial charge >= 0.3 is 0 Å². The van der Waals surface area contributed by atoms with Crippen molar-refractivity contribution in [2.75, 3.05) is 46.0 Å². The molecule has 2 aliphatic rings. The molecule has 1 aromatic rings. The number of amides is 1. The van der Waals surface area contributed by atoms with Crippen LogP contribution in [0.4, 0.5) is 0 Å². The van der Waals surface area contributed by atoms with Gasteiger partial charge in [0, 0.05) is 32.6 Å². The molecule has 2 heterocycles. The minimum atomic E-state index is 0.216. The fourth-order valence-corrected chi connectivity index (χ4v) is 3.31. The van der Waals surface area contributed by atoms with E-state index in [2.05, 4.69) is 36.1 Å². The van der Waals surface area contributed by atoms with E-state index in [9.17, 15) is 4.79 Å². The topological polar surface area (TPSA) is 42.0 Å². The van der Waals surface area contributed by atoms with Crippen LogP contribution >= 0.6 is 0 Å². The Morgan fingerprint density at radius 2 is 1.96 bits per heavy atom. The van der Waals surface area contributed by atoms with Crippen LogP contribution in [0.25, 0.3) is 0 Å². The summed E-state index contributed by atoms with van der Waals surface area (Å²) in [5.41, 5.74) is 1.26. The van der Waals surface area contributed by atoms with Crippen molar-refractivity contribution in [2.45, 2.75) is 25.5 Å². The number of benzene rings is 1. The highest BCUT2D eigenvalue weighted by Gasteiger charge is 2.28. The van der Waals surface area contributed by atoms with Crippen molar-refractivity contribution in [1.82, 2.24) is 9.80 Å². The Bertz CT molecular complexity index is 502. The van der Waals surface area contributed by atoms with E-state index in [0.29, 0.717) is 26.2 Å². The van der Waals surface area contributed by atoms with Crippen molar-refractivity contribution in [2.24, 2.45) is 0 Å². The highest BCUT2D eigenvalue weighted by atomic mass is 16.5. The molecule has 2 saturated heterocycles. The van der Waals surface area contributed by atoms with Gasteiger partial charge < -0.3 is 14.4 Å². The maximum Gasteiger partial charge on any atom is 0.224 e. The van der Waals surface area contributed by atoms with Crippen molar-refractivity contribution in [3.63, 3.8) is 0 Å². The first-order valence-corrected chi connectivity index (χ1v) is 8.50. The Balaban J connectivity index is 1.59. The SMILES string of the molecule is C[C@H]1CN(CCC(=O)N2CCOCC2)[C@@H](c2ccccc2)CO1. The van der Waals surface area contributed by atoms with Crippen LogP contribution in [0.15, 0.2) is 30.3 Å². The van der Waals surface area contributed by atoms with Gasteiger partial charge in [0.05, 0.1) is 32.0 Å². The number of ether oxygens (including phenoxy) is 2. The van der Waals surface area contributed by atoms with Crippen LogP contribution < -0.4 is 0 Å². The average molecular weight is 318 g/mol. The molecule has 0 aliphatic carbocycles. The summed E-state index contributed by atoms with van der Waals surface area (Å²) in [6, 6.07) is 10.7. The average Bonchev–Trinajstić information content (AvgIpc) is 2.61. The molecule has 2 aliphatic heterocycles. The summed E-state index contributed by atoms with van der Waals surface area (Å²) in [6.45, 7) is 7.20. The summed E-state index contributed by atoms with van der Waals surface area (Å²) in [5.74, 6) is 0.235. The molecule has 5 heteroatoms. The highest BCUT2D eigenvalue weighted by Crippen LogP contribution is 2.26. The van der Waals surface area contributed by atoms with Gasteiger partial charge in [0.2, 0.25) is 5.91 Å². The van der Waals surface area contributed by atoms with Crippen LogP contribution in [0.3, 0.4) is 0 Å². The van der Waals surface area contributed by atoms with Gasteiger partial charge in [0.15, 0.2) is 0 Å². The van der Waals surface area contributed by atoms with E-state index >= 15 is 0 Å². The van der Waals surface area contributed by atoms with Crippen molar-refractivity contribution in [1.29, 1.82) is 0 Å². The quantitative estimate of drug-likeness (QED) is 0.847. The Morgan fingerprint density at radius 3 is 2.70 bits per heavy atom. The third-order valence-electron chi connectivity index (χ3n) is 4.63.